The molecule has 2 aromatic carbocycles. The monoisotopic (exact) mass is 401 g/mol. The van der Waals surface area contributed by atoms with Crippen LogP contribution >= 0.6 is 0 Å². The first-order valence-corrected chi connectivity index (χ1v) is 9.42. The van der Waals surface area contributed by atoms with Crippen LogP contribution in [-0.4, -0.2) is 25.8 Å². The van der Waals surface area contributed by atoms with E-state index in [2.05, 4.69) is 11.1 Å². The van der Waals surface area contributed by atoms with E-state index in [-0.39, 0.29) is 12.2 Å². The average Bonchev–Trinajstić information content (AvgIpc) is 3.18. The second kappa shape index (κ2) is 7.72. The van der Waals surface area contributed by atoms with Crippen LogP contribution < -0.4 is 16.0 Å². The zero-order valence-electron chi connectivity index (χ0n) is 16.6. The molecule has 0 spiro atoms. The molecule has 4 aromatic rings. The lowest BCUT2D eigenvalue weighted by molar-refractivity contribution is 0.412. The fraction of sp³-hybridized carbons (Fsp3) is 0.182. The molecule has 0 saturated carbocycles. The molecule has 8 heteroatoms. The average molecular weight is 401 g/mol. The standard InChI is InChI=1S/C22H19N5O3/c1-3-26-21(28)19-20(27(22(26)29)17-9-4-5-10-18(17)30-2)24-14-25(19)13-16-8-6-7-15(11-16)12-23/h4-11,14H,3,13H2,1-2H3. The number of nitriles is 1. The summed E-state index contributed by atoms with van der Waals surface area (Å²) in [4.78, 5) is 30.7. The van der Waals surface area contributed by atoms with Gasteiger partial charge in [-0.3, -0.25) is 9.36 Å². The normalized spacial score (nSPS) is 10.8. The van der Waals surface area contributed by atoms with E-state index in [0.29, 0.717) is 29.1 Å². The van der Waals surface area contributed by atoms with Gasteiger partial charge in [-0.1, -0.05) is 24.3 Å². The highest BCUT2D eigenvalue weighted by atomic mass is 16.5. The molecule has 0 saturated heterocycles. The predicted octanol–water partition coefficient (Wildman–Crippen LogP) is 2.30. The Kier molecular flexibility index (Phi) is 4.94. The van der Waals surface area contributed by atoms with Crippen molar-refractivity contribution in [3.63, 3.8) is 0 Å². The lowest BCUT2D eigenvalue weighted by Gasteiger charge is -2.14. The van der Waals surface area contributed by atoms with Crippen LogP contribution in [0, 0.1) is 11.3 Å². The molecule has 0 aliphatic rings. The molecule has 2 aromatic heterocycles. The third-order valence-corrected chi connectivity index (χ3v) is 4.95. The summed E-state index contributed by atoms with van der Waals surface area (Å²) in [5.41, 5.74) is 1.59. The molecule has 0 unspecified atom stereocenters. The van der Waals surface area contributed by atoms with Gasteiger partial charge in [0.2, 0.25) is 0 Å². The van der Waals surface area contributed by atoms with Crippen LogP contribution in [0.3, 0.4) is 0 Å². The van der Waals surface area contributed by atoms with Gasteiger partial charge in [-0.25, -0.2) is 14.3 Å². The largest absolute Gasteiger partial charge is 0.495 e. The molecule has 4 rings (SSSR count). The van der Waals surface area contributed by atoms with Gasteiger partial charge in [-0.05, 0) is 36.8 Å². The summed E-state index contributed by atoms with van der Waals surface area (Å²) in [5.74, 6) is 0.499. The zero-order valence-corrected chi connectivity index (χ0v) is 16.6. The summed E-state index contributed by atoms with van der Waals surface area (Å²) in [7, 11) is 1.53. The maximum atomic E-state index is 13.1. The number of rotatable bonds is 5. The molecular weight excluding hydrogens is 382 g/mol. The van der Waals surface area contributed by atoms with Gasteiger partial charge in [0.05, 0.1) is 30.8 Å². The Morgan fingerprint density at radius 2 is 1.93 bits per heavy atom. The number of ether oxygens (including phenoxy) is 1. The Bertz CT molecular complexity index is 1410. The molecule has 150 valence electrons. The number of hydrogen-bond donors (Lipinski definition) is 0. The molecule has 0 fully saturated rings. The summed E-state index contributed by atoms with van der Waals surface area (Å²) in [6, 6.07) is 16.4. The fourth-order valence-electron chi connectivity index (χ4n) is 3.55. The highest BCUT2D eigenvalue weighted by Crippen LogP contribution is 2.23. The van der Waals surface area contributed by atoms with Gasteiger partial charge in [-0.2, -0.15) is 5.26 Å². The van der Waals surface area contributed by atoms with Gasteiger partial charge in [-0.15, -0.1) is 0 Å². The van der Waals surface area contributed by atoms with E-state index in [0.717, 1.165) is 5.56 Å². The number of para-hydroxylation sites is 2. The van der Waals surface area contributed by atoms with Crippen molar-refractivity contribution in [1.29, 1.82) is 5.26 Å². The van der Waals surface area contributed by atoms with Crippen LogP contribution in [0.5, 0.6) is 5.75 Å². The van der Waals surface area contributed by atoms with Gasteiger partial charge >= 0.3 is 5.69 Å². The summed E-state index contributed by atoms with van der Waals surface area (Å²) in [5, 5.41) is 9.14. The van der Waals surface area contributed by atoms with Crippen molar-refractivity contribution in [2.45, 2.75) is 20.0 Å². The Balaban J connectivity index is 2.00. The summed E-state index contributed by atoms with van der Waals surface area (Å²) in [6.07, 6.45) is 1.54. The maximum absolute atomic E-state index is 13.1. The highest BCUT2D eigenvalue weighted by Gasteiger charge is 2.20. The van der Waals surface area contributed by atoms with Crippen molar-refractivity contribution in [3.8, 4) is 17.5 Å². The van der Waals surface area contributed by atoms with E-state index in [4.69, 9.17) is 10.00 Å². The molecule has 30 heavy (non-hydrogen) atoms. The predicted molar refractivity (Wildman–Crippen MR) is 112 cm³/mol. The van der Waals surface area contributed by atoms with Crippen molar-refractivity contribution < 1.29 is 4.74 Å². The molecule has 2 heterocycles. The van der Waals surface area contributed by atoms with Crippen LogP contribution in [0.25, 0.3) is 16.9 Å². The van der Waals surface area contributed by atoms with Crippen LogP contribution in [-0.2, 0) is 13.1 Å². The van der Waals surface area contributed by atoms with E-state index in [1.807, 2.05) is 6.07 Å². The third-order valence-electron chi connectivity index (χ3n) is 4.95. The minimum Gasteiger partial charge on any atom is -0.495 e. The Morgan fingerprint density at radius 3 is 2.67 bits per heavy atom. The van der Waals surface area contributed by atoms with Gasteiger partial charge in [0.15, 0.2) is 11.2 Å². The molecule has 0 atom stereocenters. The molecular formula is C22H19N5O3. The molecule has 0 aliphatic carbocycles. The Hall–Kier alpha value is -4.12. The Labute approximate surface area is 171 Å². The SMILES string of the molecule is CCn1c(=O)c2c(ncn2Cc2cccc(C#N)c2)n(-c2ccccc2OC)c1=O. The number of aromatic nitrogens is 4. The van der Waals surface area contributed by atoms with Gasteiger partial charge in [0, 0.05) is 13.1 Å². The minimum absolute atomic E-state index is 0.220. The number of hydrogen-bond acceptors (Lipinski definition) is 5. The number of benzene rings is 2. The van der Waals surface area contributed by atoms with Gasteiger partial charge in [0.25, 0.3) is 5.56 Å². The van der Waals surface area contributed by atoms with Crippen molar-refractivity contribution >= 4 is 11.2 Å². The van der Waals surface area contributed by atoms with E-state index in [1.165, 1.54) is 22.6 Å². The number of nitrogens with zero attached hydrogens (tertiary/aromatic N) is 5. The third kappa shape index (κ3) is 3.06. The summed E-state index contributed by atoms with van der Waals surface area (Å²) in [6.45, 7) is 2.31. The molecule has 0 amide bonds. The zero-order chi connectivity index (χ0) is 21.3. The number of fused-ring (bicyclic) bond motifs is 1. The van der Waals surface area contributed by atoms with Crippen molar-refractivity contribution in [3.05, 3.63) is 86.8 Å². The second-order valence-corrected chi connectivity index (χ2v) is 6.70. The number of imidazole rings is 1. The minimum atomic E-state index is -0.476. The fourth-order valence-corrected chi connectivity index (χ4v) is 3.55. The first kappa shape index (κ1) is 19.2. The lowest BCUT2D eigenvalue weighted by Crippen LogP contribution is -2.39. The smallest absolute Gasteiger partial charge is 0.337 e. The van der Waals surface area contributed by atoms with Crippen molar-refractivity contribution in [2.24, 2.45) is 0 Å². The first-order valence-electron chi connectivity index (χ1n) is 9.42. The number of methoxy groups -OCH3 is 1. The maximum Gasteiger partial charge on any atom is 0.337 e. The first-order chi connectivity index (χ1) is 14.6. The topological polar surface area (TPSA) is 94.8 Å². The van der Waals surface area contributed by atoms with E-state index in [1.54, 1.807) is 54.0 Å². The van der Waals surface area contributed by atoms with Crippen LogP contribution in [0.2, 0.25) is 0 Å². The molecule has 0 N–H and O–H groups in total. The van der Waals surface area contributed by atoms with E-state index >= 15 is 0 Å². The van der Waals surface area contributed by atoms with Crippen LogP contribution in [0.4, 0.5) is 0 Å². The van der Waals surface area contributed by atoms with Gasteiger partial charge in [0.1, 0.15) is 5.75 Å². The van der Waals surface area contributed by atoms with Crippen LogP contribution in [0.15, 0.2) is 64.4 Å². The van der Waals surface area contributed by atoms with Crippen molar-refractivity contribution in [1.82, 2.24) is 18.7 Å². The lowest BCUT2D eigenvalue weighted by atomic mass is 10.1. The van der Waals surface area contributed by atoms with Crippen LogP contribution in [0.1, 0.15) is 18.1 Å². The van der Waals surface area contributed by atoms with Gasteiger partial charge < -0.3 is 9.30 Å². The second-order valence-electron chi connectivity index (χ2n) is 6.70. The Morgan fingerprint density at radius 1 is 1.13 bits per heavy atom. The molecule has 0 radical (unpaired) electrons. The highest BCUT2D eigenvalue weighted by molar-refractivity contribution is 5.73. The summed E-state index contributed by atoms with van der Waals surface area (Å²) < 4.78 is 9.71. The molecule has 8 nitrogen and oxygen atoms in total. The quantitative estimate of drug-likeness (QED) is 0.511. The van der Waals surface area contributed by atoms with E-state index < -0.39 is 11.2 Å². The molecule has 0 aliphatic heterocycles. The molecule has 0 bridgehead atoms. The van der Waals surface area contributed by atoms with Crippen molar-refractivity contribution in [2.75, 3.05) is 7.11 Å². The van der Waals surface area contributed by atoms with E-state index in [9.17, 15) is 9.59 Å². The summed E-state index contributed by atoms with van der Waals surface area (Å²) >= 11 is 0.